The first kappa shape index (κ1) is 15.9. The highest BCUT2D eigenvalue weighted by Gasteiger charge is 2.16. The number of halogens is 2. The molecule has 2 rings (SSSR count). The Morgan fingerprint density at radius 3 is 2.81 bits per heavy atom. The molecule has 0 unspecified atom stereocenters. The second-order valence-corrected chi connectivity index (χ2v) is 5.80. The lowest BCUT2D eigenvalue weighted by Gasteiger charge is -2.08. The van der Waals surface area contributed by atoms with E-state index in [1.54, 1.807) is 28.8 Å². The van der Waals surface area contributed by atoms with Gasteiger partial charge in [0.2, 0.25) is 0 Å². The average molecular weight is 344 g/mol. The summed E-state index contributed by atoms with van der Waals surface area (Å²) in [6.45, 7) is 4.13. The summed E-state index contributed by atoms with van der Waals surface area (Å²) in [7, 11) is 0. The van der Waals surface area contributed by atoms with Crippen molar-refractivity contribution in [1.29, 1.82) is 0 Å². The van der Waals surface area contributed by atoms with Gasteiger partial charge in [0.05, 0.1) is 10.8 Å². The van der Waals surface area contributed by atoms with Crippen LogP contribution in [0.1, 0.15) is 0 Å². The van der Waals surface area contributed by atoms with Crippen molar-refractivity contribution >= 4 is 40.9 Å². The lowest BCUT2D eigenvalue weighted by Crippen LogP contribution is -2.04. The van der Waals surface area contributed by atoms with Crippen LogP contribution in [0.3, 0.4) is 0 Å². The highest BCUT2D eigenvalue weighted by Crippen LogP contribution is 2.31. The minimum atomic E-state index is -0.917. The first-order valence-electron chi connectivity index (χ1n) is 5.87. The molecule has 0 aliphatic heterocycles. The van der Waals surface area contributed by atoms with Gasteiger partial charge in [0.25, 0.3) is 0 Å². The molecule has 0 bridgehead atoms. The van der Waals surface area contributed by atoms with E-state index >= 15 is 0 Å². The third kappa shape index (κ3) is 3.78. The third-order valence-corrected chi connectivity index (χ3v) is 4.02. The Hall–Kier alpha value is -1.50. The van der Waals surface area contributed by atoms with Crippen molar-refractivity contribution in [3.63, 3.8) is 0 Å². The Morgan fingerprint density at radius 2 is 2.19 bits per heavy atom. The second-order valence-electron chi connectivity index (χ2n) is 4.01. The van der Waals surface area contributed by atoms with Crippen LogP contribution >= 0.6 is 35.0 Å². The van der Waals surface area contributed by atoms with Crippen molar-refractivity contribution in [2.24, 2.45) is 0 Å². The lowest BCUT2D eigenvalue weighted by molar-refractivity contribution is -0.133. The van der Waals surface area contributed by atoms with Gasteiger partial charge in [0.1, 0.15) is 0 Å². The van der Waals surface area contributed by atoms with Gasteiger partial charge < -0.3 is 5.11 Å². The van der Waals surface area contributed by atoms with Gasteiger partial charge in [-0.3, -0.25) is 9.36 Å². The number of hydrogen-bond acceptors (Lipinski definition) is 4. The Labute approximate surface area is 135 Å². The minimum Gasteiger partial charge on any atom is -0.481 e. The van der Waals surface area contributed by atoms with Gasteiger partial charge in [-0.15, -0.1) is 16.8 Å². The summed E-state index contributed by atoms with van der Waals surface area (Å²) in [6.07, 6.45) is 1.68. The fraction of sp³-hybridized carbons (Fsp3) is 0.154. The number of allylic oxidation sites excluding steroid dienone is 1. The zero-order valence-electron chi connectivity index (χ0n) is 10.8. The third-order valence-electron chi connectivity index (χ3n) is 2.53. The summed E-state index contributed by atoms with van der Waals surface area (Å²) in [4.78, 5) is 10.7. The topological polar surface area (TPSA) is 68.0 Å². The number of hydrogen-bond donors (Lipinski definition) is 1. The molecule has 1 N–H and O–H groups in total. The molecule has 0 saturated carbocycles. The van der Waals surface area contributed by atoms with Crippen LogP contribution in [0.4, 0.5) is 0 Å². The molecule has 0 amide bonds. The summed E-state index contributed by atoms with van der Waals surface area (Å²) in [5.41, 5.74) is 0.678. The molecule has 21 heavy (non-hydrogen) atoms. The van der Waals surface area contributed by atoms with Crippen molar-refractivity contribution in [2.75, 3.05) is 5.75 Å². The molecule has 0 fully saturated rings. The Morgan fingerprint density at radius 1 is 1.43 bits per heavy atom. The van der Waals surface area contributed by atoms with E-state index in [4.69, 9.17) is 28.3 Å². The van der Waals surface area contributed by atoms with Crippen LogP contribution in [-0.2, 0) is 11.3 Å². The SMILES string of the molecule is C=CCn1c(SCC(=O)O)nnc1-c1ccc(Cl)cc1Cl. The van der Waals surface area contributed by atoms with Gasteiger partial charge in [0.15, 0.2) is 11.0 Å². The fourth-order valence-electron chi connectivity index (χ4n) is 1.69. The first-order valence-corrected chi connectivity index (χ1v) is 7.61. The number of thioether (sulfide) groups is 1. The largest absolute Gasteiger partial charge is 0.481 e. The highest BCUT2D eigenvalue weighted by molar-refractivity contribution is 7.99. The van der Waals surface area contributed by atoms with Crippen LogP contribution in [0.15, 0.2) is 36.0 Å². The summed E-state index contributed by atoms with van der Waals surface area (Å²) < 4.78 is 1.76. The molecule has 8 heteroatoms. The quantitative estimate of drug-likeness (QED) is 0.640. The van der Waals surface area contributed by atoms with Crippen LogP contribution < -0.4 is 0 Å². The molecule has 0 radical (unpaired) electrons. The molecular formula is C13H11Cl2N3O2S. The van der Waals surface area contributed by atoms with Crippen molar-refractivity contribution < 1.29 is 9.90 Å². The lowest BCUT2D eigenvalue weighted by atomic mass is 10.2. The van der Waals surface area contributed by atoms with Gasteiger partial charge in [-0.05, 0) is 18.2 Å². The Kier molecular flexibility index (Phi) is 5.27. The molecule has 1 aromatic carbocycles. The number of nitrogens with zero attached hydrogens (tertiary/aromatic N) is 3. The molecule has 110 valence electrons. The van der Waals surface area contributed by atoms with E-state index in [1.165, 1.54) is 0 Å². The smallest absolute Gasteiger partial charge is 0.313 e. The molecule has 5 nitrogen and oxygen atoms in total. The number of carboxylic acids is 1. The van der Waals surface area contributed by atoms with Crippen LogP contribution in [0.5, 0.6) is 0 Å². The van der Waals surface area contributed by atoms with Gasteiger partial charge in [-0.1, -0.05) is 41.0 Å². The Balaban J connectivity index is 2.43. The van der Waals surface area contributed by atoms with Gasteiger partial charge in [0, 0.05) is 17.1 Å². The minimum absolute atomic E-state index is 0.0936. The van der Waals surface area contributed by atoms with Crippen LogP contribution in [0.2, 0.25) is 10.0 Å². The molecule has 2 aromatic rings. The van der Waals surface area contributed by atoms with Crippen LogP contribution in [0, 0.1) is 0 Å². The maximum absolute atomic E-state index is 10.7. The van der Waals surface area contributed by atoms with Crippen molar-refractivity contribution in [3.05, 3.63) is 40.9 Å². The number of rotatable bonds is 6. The number of benzene rings is 1. The van der Waals surface area contributed by atoms with Crippen molar-refractivity contribution in [1.82, 2.24) is 14.8 Å². The van der Waals surface area contributed by atoms with Gasteiger partial charge in [-0.25, -0.2) is 0 Å². The first-order chi connectivity index (χ1) is 10.0. The van der Waals surface area contributed by atoms with E-state index in [0.29, 0.717) is 33.1 Å². The maximum Gasteiger partial charge on any atom is 0.313 e. The molecule has 0 atom stereocenters. The molecule has 0 aliphatic carbocycles. The van der Waals surface area contributed by atoms with Crippen LogP contribution in [-0.4, -0.2) is 31.6 Å². The van der Waals surface area contributed by atoms with E-state index in [0.717, 1.165) is 11.8 Å². The molecule has 0 saturated heterocycles. The number of carboxylic acid groups (broad SMARTS) is 1. The van der Waals surface area contributed by atoms with E-state index < -0.39 is 5.97 Å². The molecule has 0 aliphatic rings. The summed E-state index contributed by atoms with van der Waals surface area (Å²) in [6, 6.07) is 5.08. The van der Waals surface area contributed by atoms with E-state index in [9.17, 15) is 4.79 Å². The monoisotopic (exact) mass is 343 g/mol. The molecule has 1 aromatic heterocycles. The van der Waals surface area contributed by atoms with Crippen LogP contribution in [0.25, 0.3) is 11.4 Å². The van der Waals surface area contributed by atoms with E-state index in [-0.39, 0.29) is 5.75 Å². The molecular weight excluding hydrogens is 333 g/mol. The predicted octanol–water partition coefficient (Wildman–Crippen LogP) is 3.61. The van der Waals surface area contributed by atoms with Gasteiger partial charge >= 0.3 is 5.97 Å². The molecule has 0 spiro atoms. The average Bonchev–Trinajstić information content (AvgIpc) is 2.80. The van der Waals surface area contributed by atoms with Crippen molar-refractivity contribution in [2.45, 2.75) is 11.7 Å². The highest BCUT2D eigenvalue weighted by atomic mass is 35.5. The second kappa shape index (κ2) is 6.98. The van der Waals surface area contributed by atoms with E-state index in [2.05, 4.69) is 16.8 Å². The van der Waals surface area contributed by atoms with E-state index in [1.807, 2.05) is 0 Å². The van der Waals surface area contributed by atoms with Crippen molar-refractivity contribution in [3.8, 4) is 11.4 Å². The molecule has 1 heterocycles. The van der Waals surface area contributed by atoms with Gasteiger partial charge in [-0.2, -0.15) is 0 Å². The summed E-state index contributed by atoms with van der Waals surface area (Å²) >= 11 is 13.2. The zero-order valence-corrected chi connectivity index (χ0v) is 13.1. The zero-order chi connectivity index (χ0) is 15.4. The Bertz CT molecular complexity index is 688. The standard InChI is InChI=1S/C13H11Cl2N3O2S/c1-2-5-18-12(9-4-3-8(14)6-10(9)15)16-17-13(18)21-7-11(19)20/h2-4,6H,1,5,7H2,(H,19,20). The summed E-state index contributed by atoms with van der Waals surface area (Å²) in [5, 5.41) is 18.4. The predicted molar refractivity (Wildman–Crippen MR) is 84.0 cm³/mol. The number of carbonyl (C=O) groups is 1. The summed E-state index contributed by atoms with van der Waals surface area (Å²) in [5.74, 6) is -0.465. The number of aromatic nitrogens is 3. The normalized spacial score (nSPS) is 10.6. The fourth-order valence-corrected chi connectivity index (χ4v) is 2.85. The number of aliphatic carboxylic acids is 1. The maximum atomic E-state index is 10.7.